The fourth-order valence-corrected chi connectivity index (χ4v) is 10.8. The van der Waals surface area contributed by atoms with Crippen molar-refractivity contribution in [3.05, 3.63) is 215 Å². The zero-order valence-electron chi connectivity index (χ0n) is 46.3. The summed E-state index contributed by atoms with van der Waals surface area (Å²) in [5.74, 6) is -0.754. The Hall–Kier alpha value is -2.99. The van der Waals surface area contributed by atoms with Crippen LogP contribution in [0.4, 0.5) is 4.39 Å². The number of amides is 2. The first kappa shape index (κ1) is 68.3. The molecular weight excluding hydrogens is 1130 g/mol. The molecule has 2 saturated heterocycles. The molecule has 2 fully saturated rings. The van der Waals surface area contributed by atoms with Crippen LogP contribution in [-0.2, 0) is 51.2 Å². The van der Waals surface area contributed by atoms with Crippen LogP contribution in [0.1, 0.15) is 73.7 Å². The largest absolute Gasteiger partial charge is 1.00 e. The summed E-state index contributed by atoms with van der Waals surface area (Å²) in [6, 6.07) is 58.8. The normalized spacial score (nSPS) is 16.0. The van der Waals surface area contributed by atoms with E-state index in [1.807, 2.05) is 139 Å². The molecule has 77 heavy (non-hydrogen) atoms. The van der Waals surface area contributed by atoms with Gasteiger partial charge in [-0.3, -0.25) is 18.8 Å². The number of likely N-dealkylation sites (tertiary alicyclic amines) is 2. The summed E-state index contributed by atoms with van der Waals surface area (Å²) < 4.78 is 25.5. The minimum absolute atomic E-state index is 0. The van der Waals surface area contributed by atoms with E-state index >= 15 is 0 Å². The summed E-state index contributed by atoms with van der Waals surface area (Å²) in [4.78, 5) is 66.8. The number of thiol groups is 1. The number of aryl methyl sites for hydroxylation is 2. The number of nitrogens with zero attached hydrogens (tertiary/aromatic N) is 2. The Balaban J connectivity index is 0.000000606. The summed E-state index contributed by atoms with van der Waals surface area (Å²) >= 11 is 9.75. The van der Waals surface area contributed by atoms with Crippen LogP contribution in [0.3, 0.4) is 0 Å². The second-order valence-electron chi connectivity index (χ2n) is 17.2. The zero-order valence-corrected chi connectivity index (χ0v) is 53.9. The molecule has 0 spiro atoms. The van der Waals surface area contributed by atoms with E-state index in [-0.39, 0.29) is 145 Å². The van der Waals surface area contributed by atoms with E-state index in [0.29, 0.717) is 25.9 Å². The molecule has 2 aliphatic rings. The molecule has 0 aliphatic carbocycles. The van der Waals surface area contributed by atoms with Crippen molar-refractivity contribution in [1.82, 2.24) is 9.80 Å². The smallest absolute Gasteiger partial charge is 1.00 e. The molecule has 0 aromatic heterocycles. The maximum Gasteiger partial charge on any atom is 1.00 e. The number of methoxy groups -OCH3 is 2. The predicted molar refractivity (Wildman–Crippen MR) is 301 cm³/mol. The minimum Gasteiger partial charge on any atom is -1.00 e. The number of hydrogen-bond acceptors (Lipinski definition) is 11. The van der Waals surface area contributed by atoms with Crippen molar-refractivity contribution in [2.24, 2.45) is 0 Å². The number of benzene rings is 6. The van der Waals surface area contributed by atoms with Crippen LogP contribution in [0, 0.1) is 0 Å². The maximum absolute atomic E-state index is 13.9. The summed E-state index contributed by atoms with van der Waals surface area (Å²) in [7, 11) is 1.75. The van der Waals surface area contributed by atoms with Crippen LogP contribution in [0.2, 0.25) is 0 Å². The molecule has 8 rings (SSSR count). The van der Waals surface area contributed by atoms with E-state index in [4.69, 9.17) is 20.9 Å². The fraction of sp³-hybridized carbons (Fsp3) is 0.317. The third-order valence-corrected chi connectivity index (χ3v) is 14.6. The van der Waals surface area contributed by atoms with Gasteiger partial charge in [0.05, 0.1) is 34.6 Å². The molecule has 6 aromatic carbocycles. The Morgan fingerprint density at radius 3 is 1.31 bits per heavy atom. The Labute approximate surface area is 560 Å². The Kier molecular flexibility index (Phi) is 36.4. The fourth-order valence-electron chi connectivity index (χ4n) is 8.89. The molecule has 400 valence electrons. The second-order valence-corrected chi connectivity index (χ2v) is 20.2. The van der Waals surface area contributed by atoms with Crippen molar-refractivity contribution >= 4 is 70.5 Å². The molecule has 11 nitrogen and oxygen atoms in total. The van der Waals surface area contributed by atoms with Gasteiger partial charge >= 0.3 is 115 Å². The van der Waals surface area contributed by atoms with Crippen LogP contribution in [-0.4, -0.2) is 108 Å². The van der Waals surface area contributed by atoms with E-state index in [1.165, 1.54) is 38.2 Å². The first-order valence-electron chi connectivity index (χ1n) is 25.2. The van der Waals surface area contributed by atoms with Gasteiger partial charge in [-0.15, -0.1) is 0 Å². The van der Waals surface area contributed by atoms with Crippen molar-refractivity contribution in [3.8, 4) is 0 Å². The van der Waals surface area contributed by atoms with Crippen molar-refractivity contribution in [3.63, 3.8) is 0 Å². The van der Waals surface area contributed by atoms with Crippen LogP contribution >= 0.6 is 40.3 Å². The van der Waals surface area contributed by atoms with E-state index < -0.39 is 31.1 Å². The van der Waals surface area contributed by atoms with Crippen LogP contribution < -0.4 is 108 Å². The Morgan fingerprint density at radius 2 is 0.974 bits per heavy atom. The minimum atomic E-state index is -1.00. The SMILES string of the molecule is BrCCCc1ccccc1.COC(=O)[C@@H]1C[C@H](S)CN1C(=O)C(c1ccccc1)c1ccccc1.COC(=O)[C@@H]1C[C@H](SCCCc2ccccc2)CN1C(=O)C(c1ccccc1)c1ccccc1.O=CO[O-].[2H]CF.[H-].[K+].[K+]. The average Bonchev–Trinajstić information content (AvgIpc) is 4.11. The Bertz CT molecular complexity index is 2510. The summed E-state index contributed by atoms with van der Waals surface area (Å²) in [5.41, 5.74) is 6.45. The van der Waals surface area contributed by atoms with Gasteiger partial charge in [-0.05, 0) is 77.7 Å². The van der Waals surface area contributed by atoms with Gasteiger partial charge in [0.2, 0.25) is 11.8 Å². The van der Waals surface area contributed by atoms with E-state index in [2.05, 4.69) is 88.0 Å². The molecule has 0 bridgehead atoms. The van der Waals surface area contributed by atoms with Gasteiger partial charge in [0.25, 0.3) is 6.47 Å². The number of halogens is 2. The monoisotopic (exact) mass is 1200 g/mol. The van der Waals surface area contributed by atoms with Crippen molar-refractivity contribution in [2.45, 2.75) is 72.9 Å². The number of esters is 2. The summed E-state index contributed by atoms with van der Waals surface area (Å²) in [6.07, 6.45) is 5.66. The van der Waals surface area contributed by atoms with Gasteiger partial charge in [-0.25, -0.2) is 9.59 Å². The third kappa shape index (κ3) is 23.6. The third-order valence-electron chi connectivity index (χ3n) is 12.4. The van der Waals surface area contributed by atoms with E-state index in [1.54, 1.807) is 9.80 Å². The molecule has 2 aliphatic heterocycles. The van der Waals surface area contributed by atoms with Gasteiger partial charge in [0, 0.05) is 28.9 Å². The van der Waals surface area contributed by atoms with E-state index in [0.717, 1.165) is 46.2 Å². The van der Waals surface area contributed by atoms with Gasteiger partial charge in [-0.1, -0.05) is 198 Å². The van der Waals surface area contributed by atoms with Crippen LogP contribution in [0.25, 0.3) is 0 Å². The number of carbonyl (C=O) groups is 5. The Morgan fingerprint density at radius 1 is 0.649 bits per heavy atom. The number of hydrogen-bond donors (Lipinski definition) is 1. The molecule has 4 atom stereocenters. The maximum atomic E-state index is 13.9. The number of thioether (sulfide) groups is 1. The second kappa shape index (κ2) is 41.1. The molecule has 0 N–H and O–H groups in total. The van der Waals surface area contributed by atoms with Gasteiger partial charge in [0.1, 0.15) is 12.1 Å². The number of ether oxygens (including phenoxy) is 2. The standard InChI is InChI=1S/C29H31NO3S.C20H21NO3S.C9H11Br.CH3F.CH2O3.2K.H/c1-33-29(32)26-20-25(34-19-11-14-22-12-5-2-6-13-22)21-30(26)28(31)27(23-15-7-3-8-16-23)24-17-9-4-10-18-24;1-24-20(23)17-12-16(25)13-21(17)19(22)18(14-8-4-2-5-9-14)15-10-6-3-7-11-15;10-8-4-7-9-5-2-1-3-6-9;1-2;2-1-4-3;;;/h2-10,12-13,15-18,25-27H,11,14,19-21H2,1H3;2-11,16-18,25H,12-13H2,1H3;1-3,5-6H,4,7-8H2;1H3;1,3H;;;/q;;;;;2*+1;-1/p-1/t25-,26-;16-,17-;;;;;;/m00....../s1/i;;;1D;;;;. The van der Waals surface area contributed by atoms with Gasteiger partial charge < -0.3 is 30.8 Å². The molecule has 0 saturated carbocycles. The average molecular weight is 1200 g/mol. The topological polar surface area (TPSA) is 143 Å². The molecule has 2 amide bonds. The summed E-state index contributed by atoms with van der Waals surface area (Å²) in [6.45, 7) is 0.822. The number of alkyl halides is 2. The van der Waals surface area contributed by atoms with Crippen LogP contribution in [0.5, 0.6) is 0 Å². The van der Waals surface area contributed by atoms with Gasteiger partial charge in [-0.2, -0.15) is 24.4 Å². The van der Waals surface area contributed by atoms with Crippen molar-refractivity contribution < 1.29 is 154 Å². The predicted octanol–water partition coefficient (Wildman–Crippen LogP) is 4.37. The zero-order chi connectivity index (χ0) is 54.9. The quantitative estimate of drug-likeness (QED) is 0.0205. The molecule has 0 unspecified atom stereocenters. The van der Waals surface area contributed by atoms with E-state index in [9.17, 15) is 23.6 Å². The molecule has 17 heteroatoms. The number of carbonyl (C=O) groups excluding carboxylic acids is 5. The molecule has 6 aromatic rings. The van der Waals surface area contributed by atoms with Crippen molar-refractivity contribution in [1.29, 1.82) is 0 Å². The van der Waals surface area contributed by atoms with Gasteiger partial charge in [0.15, 0.2) is 0 Å². The molecular formula is C60H68BrFK2N2O9S2. The summed E-state index contributed by atoms with van der Waals surface area (Å²) in [5, 5.41) is 9.72. The van der Waals surface area contributed by atoms with Crippen molar-refractivity contribution in [2.75, 3.05) is 45.5 Å². The first-order chi connectivity index (χ1) is 37.0. The molecule has 2 heterocycles. The molecule has 0 radical (unpaired) electrons. The van der Waals surface area contributed by atoms with Crippen LogP contribution in [0.15, 0.2) is 182 Å². The number of rotatable bonds is 17. The first-order valence-corrected chi connectivity index (χ1v) is 27.2.